The van der Waals surface area contributed by atoms with E-state index >= 15 is 0 Å². The largest absolute Gasteiger partial charge is 0.324 e. The Morgan fingerprint density at radius 1 is 0.938 bits per heavy atom. The maximum Gasteiger partial charge on any atom is 0.264 e. The Morgan fingerprint density at radius 3 is 2.16 bits per heavy atom. The van der Waals surface area contributed by atoms with Crippen LogP contribution >= 0.6 is 11.6 Å². The van der Waals surface area contributed by atoms with Gasteiger partial charge in [-0.15, -0.1) is 0 Å². The molecular weight excluding hydrogens is 444 g/mol. The molecule has 1 amide bonds. The van der Waals surface area contributed by atoms with Crippen molar-refractivity contribution < 1.29 is 13.2 Å². The van der Waals surface area contributed by atoms with Crippen LogP contribution in [0.25, 0.3) is 0 Å². The summed E-state index contributed by atoms with van der Waals surface area (Å²) in [6, 6.07) is 19.0. The number of rotatable bonds is 8. The minimum absolute atomic E-state index is 0.107. The van der Waals surface area contributed by atoms with Crippen molar-refractivity contribution in [3.8, 4) is 0 Å². The van der Waals surface area contributed by atoms with Crippen LogP contribution in [0.2, 0.25) is 5.02 Å². The number of halogens is 1. The molecule has 32 heavy (non-hydrogen) atoms. The van der Waals surface area contributed by atoms with E-state index in [-0.39, 0.29) is 11.4 Å². The maximum absolute atomic E-state index is 13.5. The molecular formula is C25H27ClN2O3S. The fourth-order valence-corrected chi connectivity index (χ4v) is 5.25. The summed E-state index contributed by atoms with van der Waals surface area (Å²) in [5, 5.41) is 3.35. The van der Waals surface area contributed by atoms with Crippen molar-refractivity contribution in [2.75, 3.05) is 16.2 Å². The first-order chi connectivity index (χ1) is 15.3. The second kappa shape index (κ2) is 10.2. The molecule has 0 atom stereocenters. The van der Waals surface area contributed by atoms with Gasteiger partial charge in [-0.25, -0.2) is 8.42 Å². The Balaban J connectivity index is 2.02. The lowest BCUT2D eigenvalue weighted by Crippen LogP contribution is -2.38. The first-order valence-corrected chi connectivity index (χ1v) is 12.3. The minimum Gasteiger partial charge on any atom is -0.324 e. The van der Waals surface area contributed by atoms with Gasteiger partial charge in [0.1, 0.15) is 6.54 Å². The topological polar surface area (TPSA) is 66.5 Å². The molecule has 0 spiro atoms. The molecule has 168 valence electrons. The van der Waals surface area contributed by atoms with Crippen LogP contribution in [0.4, 0.5) is 11.4 Å². The number of amides is 1. The molecule has 1 N–H and O–H groups in total. The Bertz CT molecular complexity index is 1190. The maximum atomic E-state index is 13.5. The summed E-state index contributed by atoms with van der Waals surface area (Å²) in [5.41, 5.74) is 3.84. The Morgan fingerprint density at radius 2 is 1.56 bits per heavy atom. The normalized spacial score (nSPS) is 11.2. The van der Waals surface area contributed by atoms with Crippen molar-refractivity contribution >= 4 is 38.9 Å². The van der Waals surface area contributed by atoms with Gasteiger partial charge in [-0.05, 0) is 60.7 Å². The molecule has 0 aliphatic heterocycles. The Hall–Kier alpha value is -2.83. The standard InChI is InChI=1S/C25H27ClN2O3S/c1-4-19-10-9-11-20(5-2)25(19)27-24(29)17-28(23-16-21(26)15-14-18(23)3)32(30,31)22-12-7-6-8-13-22/h6-16H,4-5,17H2,1-3H3,(H,27,29). The van der Waals surface area contributed by atoms with E-state index < -0.39 is 15.9 Å². The predicted molar refractivity (Wildman–Crippen MR) is 131 cm³/mol. The predicted octanol–water partition coefficient (Wildman–Crippen LogP) is 5.61. The highest BCUT2D eigenvalue weighted by Crippen LogP contribution is 2.30. The highest BCUT2D eigenvalue weighted by atomic mass is 35.5. The lowest BCUT2D eigenvalue weighted by molar-refractivity contribution is -0.114. The van der Waals surface area contributed by atoms with Gasteiger partial charge >= 0.3 is 0 Å². The summed E-state index contributed by atoms with van der Waals surface area (Å²) in [6.45, 7) is 5.45. The molecule has 0 fully saturated rings. The van der Waals surface area contributed by atoms with Crippen molar-refractivity contribution in [1.29, 1.82) is 0 Å². The zero-order valence-electron chi connectivity index (χ0n) is 18.4. The van der Waals surface area contributed by atoms with Gasteiger partial charge in [0.05, 0.1) is 10.6 Å². The molecule has 0 saturated heterocycles. The van der Waals surface area contributed by atoms with Crippen LogP contribution < -0.4 is 9.62 Å². The van der Waals surface area contributed by atoms with Crippen molar-refractivity contribution in [3.63, 3.8) is 0 Å². The van der Waals surface area contributed by atoms with Crippen molar-refractivity contribution in [3.05, 3.63) is 88.4 Å². The number of carbonyl (C=O) groups is 1. The number of carbonyl (C=O) groups excluding carboxylic acids is 1. The van der Waals surface area contributed by atoms with E-state index in [0.29, 0.717) is 16.3 Å². The van der Waals surface area contributed by atoms with Crippen molar-refractivity contribution in [1.82, 2.24) is 0 Å². The second-order valence-corrected chi connectivity index (χ2v) is 9.76. The summed E-state index contributed by atoms with van der Waals surface area (Å²) in [7, 11) is -4.00. The molecule has 0 radical (unpaired) electrons. The highest BCUT2D eigenvalue weighted by Gasteiger charge is 2.28. The molecule has 3 aromatic rings. The van der Waals surface area contributed by atoms with Gasteiger partial charge in [-0.3, -0.25) is 9.10 Å². The highest BCUT2D eigenvalue weighted by molar-refractivity contribution is 7.92. The van der Waals surface area contributed by atoms with Crippen LogP contribution in [0.3, 0.4) is 0 Å². The third-order valence-electron chi connectivity index (χ3n) is 5.32. The first kappa shape index (κ1) is 23.8. The average Bonchev–Trinajstić information content (AvgIpc) is 2.79. The molecule has 0 aliphatic rings. The van der Waals surface area contributed by atoms with Gasteiger partial charge < -0.3 is 5.32 Å². The number of anilines is 2. The van der Waals surface area contributed by atoms with Crippen LogP contribution in [0.1, 0.15) is 30.5 Å². The molecule has 3 rings (SSSR count). The number of benzene rings is 3. The number of sulfonamides is 1. The second-order valence-electron chi connectivity index (χ2n) is 7.46. The molecule has 0 saturated carbocycles. The summed E-state index contributed by atoms with van der Waals surface area (Å²) in [6.07, 6.45) is 1.51. The summed E-state index contributed by atoms with van der Waals surface area (Å²) in [5.74, 6) is -0.417. The SMILES string of the molecule is CCc1cccc(CC)c1NC(=O)CN(c1cc(Cl)ccc1C)S(=O)(=O)c1ccccc1. The minimum atomic E-state index is -4.00. The van der Waals surface area contributed by atoms with Crippen molar-refractivity contribution in [2.24, 2.45) is 0 Å². The van der Waals surface area contributed by atoms with E-state index in [9.17, 15) is 13.2 Å². The van der Waals surface area contributed by atoms with Gasteiger partial charge in [0.2, 0.25) is 5.91 Å². The van der Waals surface area contributed by atoms with E-state index in [4.69, 9.17) is 11.6 Å². The molecule has 5 nitrogen and oxygen atoms in total. The third-order valence-corrected chi connectivity index (χ3v) is 7.33. The quantitative estimate of drug-likeness (QED) is 0.465. The molecule has 0 heterocycles. The molecule has 3 aromatic carbocycles. The lowest BCUT2D eigenvalue weighted by atomic mass is 10.0. The molecule has 0 bridgehead atoms. The van der Waals surface area contributed by atoms with Gasteiger partial charge in [-0.2, -0.15) is 0 Å². The van der Waals surface area contributed by atoms with Gasteiger partial charge in [0.15, 0.2) is 0 Å². The third kappa shape index (κ3) is 5.14. The average molecular weight is 471 g/mol. The smallest absolute Gasteiger partial charge is 0.264 e. The molecule has 7 heteroatoms. The van der Waals surface area contributed by atoms with E-state index in [1.54, 1.807) is 43.3 Å². The number of hydrogen-bond donors (Lipinski definition) is 1. The molecule has 0 aliphatic carbocycles. The van der Waals surface area contributed by atoms with Crippen LogP contribution in [-0.4, -0.2) is 20.9 Å². The van der Waals surface area contributed by atoms with Gasteiger partial charge in [-0.1, -0.05) is 67.9 Å². The number of nitrogens with zero attached hydrogens (tertiary/aromatic N) is 1. The first-order valence-electron chi connectivity index (χ1n) is 10.5. The van der Waals surface area contributed by atoms with Crippen LogP contribution in [0.15, 0.2) is 71.6 Å². The fourth-order valence-electron chi connectivity index (χ4n) is 3.58. The zero-order chi connectivity index (χ0) is 23.3. The number of para-hydroxylation sites is 1. The van der Waals surface area contributed by atoms with E-state index in [0.717, 1.165) is 34.0 Å². The summed E-state index contributed by atoms with van der Waals surface area (Å²) < 4.78 is 28.2. The van der Waals surface area contributed by atoms with E-state index in [2.05, 4.69) is 5.32 Å². The Kier molecular flexibility index (Phi) is 7.59. The fraction of sp³-hybridized carbons (Fsp3) is 0.240. The monoisotopic (exact) mass is 470 g/mol. The van der Waals surface area contributed by atoms with E-state index in [1.165, 1.54) is 12.1 Å². The molecule has 0 aromatic heterocycles. The van der Waals surface area contributed by atoms with Crippen LogP contribution in [0, 0.1) is 6.92 Å². The van der Waals surface area contributed by atoms with Crippen LogP contribution in [0.5, 0.6) is 0 Å². The van der Waals surface area contributed by atoms with Gasteiger partial charge in [0, 0.05) is 10.7 Å². The Labute approximate surface area is 195 Å². The zero-order valence-corrected chi connectivity index (χ0v) is 20.0. The number of nitrogens with one attached hydrogen (secondary N) is 1. The number of hydrogen-bond acceptors (Lipinski definition) is 3. The van der Waals surface area contributed by atoms with Crippen molar-refractivity contribution in [2.45, 2.75) is 38.5 Å². The summed E-state index contributed by atoms with van der Waals surface area (Å²) >= 11 is 6.18. The lowest BCUT2D eigenvalue weighted by Gasteiger charge is -2.26. The van der Waals surface area contributed by atoms with Crippen LogP contribution in [-0.2, 0) is 27.7 Å². The van der Waals surface area contributed by atoms with E-state index in [1.807, 2.05) is 32.0 Å². The van der Waals surface area contributed by atoms with Gasteiger partial charge in [0.25, 0.3) is 10.0 Å². The number of aryl methyl sites for hydroxylation is 3. The summed E-state index contributed by atoms with van der Waals surface area (Å²) in [4.78, 5) is 13.3. The molecule has 0 unspecified atom stereocenters.